The number of nitrogens with two attached hydrogens (primary N) is 1. The van der Waals surface area contributed by atoms with Gasteiger partial charge in [-0.3, -0.25) is 0 Å². The van der Waals surface area contributed by atoms with Crippen molar-refractivity contribution in [1.82, 2.24) is 0 Å². The van der Waals surface area contributed by atoms with Gasteiger partial charge in [-0.05, 0) is 45.4 Å². The van der Waals surface area contributed by atoms with Gasteiger partial charge in [0.2, 0.25) is 0 Å². The first-order valence-corrected chi connectivity index (χ1v) is 7.00. The Labute approximate surface area is 114 Å². The molecule has 0 radical (unpaired) electrons. The fourth-order valence-corrected chi connectivity index (χ4v) is 3.44. The summed E-state index contributed by atoms with van der Waals surface area (Å²) in [5, 5.41) is 2.04. The maximum Gasteiger partial charge on any atom is 0.122 e. The van der Waals surface area contributed by atoms with E-state index in [-0.39, 0.29) is 6.04 Å². The molecule has 0 aliphatic rings. The topological polar surface area (TPSA) is 35.2 Å². The van der Waals surface area contributed by atoms with Crippen LogP contribution in [0, 0.1) is 0 Å². The third-order valence-corrected chi connectivity index (χ3v) is 4.62. The Kier molecular flexibility index (Phi) is 4.20. The van der Waals surface area contributed by atoms with Gasteiger partial charge in [0, 0.05) is 15.4 Å². The van der Waals surface area contributed by atoms with Crippen LogP contribution in [0.25, 0.3) is 0 Å². The molecule has 0 amide bonds. The molecule has 2 N–H and O–H groups in total. The van der Waals surface area contributed by atoms with Gasteiger partial charge < -0.3 is 10.5 Å². The first kappa shape index (κ1) is 12.6. The number of methoxy groups -OCH3 is 1. The summed E-state index contributed by atoms with van der Waals surface area (Å²) in [6.45, 7) is 0. The molecule has 2 rings (SSSR count). The van der Waals surface area contributed by atoms with Crippen molar-refractivity contribution >= 4 is 27.3 Å². The number of thiophene rings is 1. The monoisotopic (exact) mass is 311 g/mol. The molecule has 1 aromatic heterocycles. The van der Waals surface area contributed by atoms with Gasteiger partial charge >= 0.3 is 0 Å². The SMILES string of the molecule is COc1ccccc1CC(N)c1sccc1Br. The van der Waals surface area contributed by atoms with Gasteiger partial charge in [-0.15, -0.1) is 11.3 Å². The average molecular weight is 312 g/mol. The molecule has 1 aromatic carbocycles. The van der Waals surface area contributed by atoms with E-state index in [1.165, 1.54) is 4.88 Å². The van der Waals surface area contributed by atoms with Crippen LogP contribution in [0.3, 0.4) is 0 Å². The molecular weight excluding hydrogens is 298 g/mol. The maximum atomic E-state index is 6.22. The molecule has 0 saturated heterocycles. The zero-order chi connectivity index (χ0) is 12.3. The van der Waals surface area contributed by atoms with Gasteiger partial charge in [-0.25, -0.2) is 0 Å². The largest absolute Gasteiger partial charge is 0.496 e. The van der Waals surface area contributed by atoms with E-state index in [0.29, 0.717) is 0 Å². The van der Waals surface area contributed by atoms with Gasteiger partial charge in [0.05, 0.1) is 7.11 Å². The van der Waals surface area contributed by atoms with E-state index in [1.54, 1.807) is 18.4 Å². The lowest BCUT2D eigenvalue weighted by molar-refractivity contribution is 0.408. The van der Waals surface area contributed by atoms with Crippen LogP contribution in [0.5, 0.6) is 5.75 Å². The van der Waals surface area contributed by atoms with Crippen LogP contribution in [0.1, 0.15) is 16.5 Å². The van der Waals surface area contributed by atoms with Gasteiger partial charge in [0.15, 0.2) is 0 Å². The van der Waals surface area contributed by atoms with Crippen molar-refractivity contribution in [1.29, 1.82) is 0 Å². The van der Waals surface area contributed by atoms with Crippen molar-refractivity contribution in [3.63, 3.8) is 0 Å². The second-order valence-corrected chi connectivity index (χ2v) is 5.56. The molecule has 0 spiro atoms. The maximum absolute atomic E-state index is 6.22. The minimum Gasteiger partial charge on any atom is -0.496 e. The van der Waals surface area contributed by atoms with Crippen LogP contribution in [-0.4, -0.2) is 7.11 Å². The van der Waals surface area contributed by atoms with Crippen molar-refractivity contribution in [2.45, 2.75) is 12.5 Å². The molecular formula is C13H14BrNOS. The highest BCUT2D eigenvalue weighted by Crippen LogP contribution is 2.31. The third kappa shape index (κ3) is 2.89. The normalized spacial score (nSPS) is 12.4. The van der Waals surface area contributed by atoms with E-state index in [1.807, 2.05) is 29.6 Å². The third-order valence-electron chi connectivity index (χ3n) is 2.61. The molecule has 0 aliphatic heterocycles. The lowest BCUT2D eigenvalue weighted by Crippen LogP contribution is -2.12. The standard InChI is InChI=1S/C13H14BrNOS/c1-16-12-5-3-2-4-9(12)8-11(15)13-10(14)6-7-17-13/h2-7,11H,8,15H2,1H3. The van der Waals surface area contributed by atoms with Crippen molar-refractivity contribution < 1.29 is 4.74 Å². The van der Waals surface area contributed by atoms with Gasteiger partial charge in [0.25, 0.3) is 0 Å². The Balaban J connectivity index is 2.18. The molecule has 1 heterocycles. The zero-order valence-electron chi connectivity index (χ0n) is 9.52. The number of para-hydroxylation sites is 1. The van der Waals surface area contributed by atoms with E-state index in [2.05, 4.69) is 22.0 Å². The van der Waals surface area contributed by atoms with Crippen LogP contribution in [0.4, 0.5) is 0 Å². The molecule has 17 heavy (non-hydrogen) atoms. The number of hydrogen-bond acceptors (Lipinski definition) is 3. The second kappa shape index (κ2) is 5.67. The number of hydrogen-bond donors (Lipinski definition) is 1. The van der Waals surface area contributed by atoms with Crippen molar-refractivity contribution in [3.05, 3.63) is 50.6 Å². The van der Waals surface area contributed by atoms with Crippen LogP contribution in [0.15, 0.2) is 40.2 Å². The molecule has 90 valence electrons. The molecule has 0 saturated carbocycles. The molecule has 2 aromatic rings. The minimum atomic E-state index is 0.000625. The summed E-state index contributed by atoms with van der Waals surface area (Å²) >= 11 is 5.19. The Morgan fingerprint density at radius 1 is 1.35 bits per heavy atom. The molecule has 1 atom stereocenters. The molecule has 2 nitrogen and oxygen atoms in total. The van der Waals surface area contributed by atoms with Crippen LogP contribution in [-0.2, 0) is 6.42 Å². The molecule has 4 heteroatoms. The summed E-state index contributed by atoms with van der Waals surface area (Å²) in [6.07, 6.45) is 0.781. The fraction of sp³-hybridized carbons (Fsp3) is 0.231. The van der Waals surface area contributed by atoms with Crippen molar-refractivity contribution in [3.8, 4) is 5.75 Å². The highest BCUT2D eigenvalue weighted by Gasteiger charge is 2.14. The van der Waals surface area contributed by atoms with Crippen LogP contribution >= 0.6 is 27.3 Å². The summed E-state index contributed by atoms with van der Waals surface area (Å²) in [7, 11) is 1.69. The first-order valence-electron chi connectivity index (χ1n) is 5.32. The predicted molar refractivity (Wildman–Crippen MR) is 75.6 cm³/mol. The van der Waals surface area contributed by atoms with Gasteiger partial charge in [-0.1, -0.05) is 18.2 Å². The van der Waals surface area contributed by atoms with E-state index in [9.17, 15) is 0 Å². The summed E-state index contributed by atoms with van der Waals surface area (Å²) in [5.74, 6) is 0.899. The average Bonchev–Trinajstić information content (AvgIpc) is 2.76. The minimum absolute atomic E-state index is 0.000625. The van der Waals surface area contributed by atoms with Crippen molar-refractivity contribution in [2.24, 2.45) is 5.73 Å². The number of halogens is 1. The highest BCUT2D eigenvalue weighted by atomic mass is 79.9. The smallest absolute Gasteiger partial charge is 0.122 e. The van der Waals surface area contributed by atoms with Crippen molar-refractivity contribution in [2.75, 3.05) is 7.11 Å². The highest BCUT2D eigenvalue weighted by molar-refractivity contribution is 9.10. The molecule has 0 fully saturated rings. The van der Waals surface area contributed by atoms with Gasteiger partial charge in [-0.2, -0.15) is 0 Å². The Morgan fingerprint density at radius 3 is 2.76 bits per heavy atom. The summed E-state index contributed by atoms with van der Waals surface area (Å²) in [6, 6.07) is 10.0. The Bertz CT molecular complexity index is 498. The number of rotatable bonds is 4. The van der Waals surface area contributed by atoms with Gasteiger partial charge in [0.1, 0.15) is 5.75 Å². The molecule has 0 aliphatic carbocycles. The number of benzene rings is 1. The Hall–Kier alpha value is -0.840. The first-order chi connectivity index (χ1) is 8.22. The summed E-state index contributed by atoms with van der Waals surface area (Å²) in [4.78, 5) is 1.18. The predicted octanol–water partition coefficient (Wildman–Crippen LogP) is 3.76. The second-order valence-electron chi connectivity index (χ2n) is 3.76. The quantitative estimate of drug-likeness (QED) is 0.933. The number of ether oxygens (including phenoxy) is 1. The van der Waals surface area contributed by atoms with E-state index >= 15 is 0 Å². The summed E-state index contributed by atoms with van der Waals surface area (Å²) < 4.78 is 6.42. The lowest BCUT2D eigenvalue weighted by atomic mass is 10.0. The van der Waals surface area contributed by atoms with E-state index in [0.717, 1.165) is 22.2 Å². The summed E-state index contributed by atoms with van der Waals surface area (Å²) in [5.41, 5.74) is 7.36. The van der Waals surface area contributed by atoms with E-state index < -0.39 is 0 Å². The molecule has 1 unspecified atom stereocenters. The van der Waals surface area contributed by atoms with E-state index in [4.69, 9.17) is 10.5 Å². The Morgan fingerprint density at radius 2 is 2.12 bits per heavy atom. The lowest BCUT2D eigenvalue weighted by Gasteiger charge is -2.13. The molecule has 0 bridgehead atoms. The zero-order valence-corrected chi connectivity index (χ0v) is 11.9. The fourth-order valence-electron chi connectivity index (χ4n) is 1.77. The van der Waals surface area contributed by atoms with Crippen LogP contribution < -0.4 is 10.5 Å². The van der Waals surface area contributed by atoms with Crippen LogP contribution in [0.2, 0.25) is 0 Å².